The molecule has 0 atom stereocenters. The molecule has 0 unspecified atom stereocenters. The minimum atomic E-state index is 0.555. The Morgan fingerprint density at radius 2 is 1.83 bits per heavy atom. The number of fused-ring (bicyclic) bond motifs is 1. The summed E-state index contributed by atoms with van der Waals surface area (Å²) in [6.07, 6.45) is 6.81. The predicted molar refractivity (Wildman–Crippen MR) is 103 cm³/mol. The normalized spacial score (nSPS) is 15.5. The topological polar surface area (TPSA) is 37.8 Å². The van der Waals surface area contributed by atoms with Gasteiger partial charge in [0.05, 0.1) is 5.39 Å². The van der Waals surface area contributed by atoms with Gasteiger partial charge in [-0.15, -0.1) is 11.3 Å². The number of thiophene rings is 1. The van der Waals surface area contributed by atoms with Crippen molar-refractivity contribution in [2.45, 2.75) is 51.5 Å². The first-order valence-corrected chi connectivity index (χ1v) is 9.69. The summed E-state index contributed by atoms with van der Waals surface area (Å²) in [5.41, 5.74) is 3.86. The summed E-state index contributed by atoms with van der Waals surface area (Å²) in [5, 5.41) is 7.05. The predicted octanol–water partition coefficient (Wildman–Crippen LogP) is 5.84. The first kappa shape index (κ1) is 15.6. The summed E-state index contributed by atoms with van der Waals surface area (Å²) < 4.78 is 0. The van der Waals surface area contributed by atoms with Crippen LogP contribution < -0.4 is 5.32 Å². The number of rotatable bonds is 4. The van der Waals surface area contributed by atoms with Crippen molar-refractivity contribution in [3.05, 3.63) is 41.5 Å². The van der Waals surface area contributed by atoms with E-state index in [1.807, 2.05) is 0 Å². The summed E-state index contributed by atoms with van der Waals surface area (Å²) in [6.45, 7) is 4.46. The molecule has 0 aliphatic heterocycles. The zero-order valence-corrected chi connectivity index (χ0v) is 15.1. The number of hydrogen-bond acceptors (Lipinski definition) is 4. The Morgan fingerprint density at radius 3 is 2.54 bits per heavy atom. The molecular weight excluding hydrogens is 314 g/mol. The Morgan fingerprint density at radius 1 is 1.08 bits per heavy atom. The van der Waals surface area contributed by atoms with Gasteiger partial charge in [0.1, 0.15) is 17.0 Å². The van der Waals surface area contributed by atoms with Crippen LogP contribution in [-0.4, -0.2) is 16.0 Å². The monoisotopic (exact) mass is 337 g/mol. The Balaban J connectivity index is 1.75. The van der Waals surface area contributed by atoms with E-state index in [9.17, 15) is 0 Å². The molecule has 0 saturated heterocycles. The van der Waals surface area contributed by atoms with Crippen LogP contribution in [0.5, 0.6) is 0 Å². The van der Waals surface area contributed by atoms with Crippen LogP contribution in [0.3, 0.4) is 0 Å². The van der Waals surface area contributed by atoms with Crippen molar-refractivity contribution in [3.8, 4) is 11.1 Å². The Kier molecular flexibility index (Phi) is 4.23. The quantitative estimate of drug-likeness (QED) is 0.650. The minimum Gasteiger partial charge on any atom is -0.367 e. The Labute approximate surface area is 147 Å². The number of aromatic nitrogens is 2. The average molecular weight is 337 g/mol. The molecule has 124 valence electrons. The second-order valence-electron chi connectivity index (χ2n) is 6.95. The molecule has 0 amide bonds. The lowest BCUT2D eigenvalue weighted by atomic mass is 9.99. The zero-order valence-electron chi connectivity index (χ0n) is 14.2. The number of nitrogens with zero attached hydrogens (tertiary/aromatic N) is 2. The van der Waals surface area contributed by atoms with E-state index in [-0.39, 0.29) is 0 Å². The molecule has 1 N–H and O–H groups in total. The molecule has 1 saturated carbocycles. The maximum atomic E-state index is 4.56. The third kappa shape index (κ3) is 2.91. The van der Waals surface area contributed by atoms with Crippen molar-refractivity contribution in [2.24, 2.45) is 0 Å². The van der Waals surface area contributed by atoms with Crippen LogP contribution in [0.15, 0.2) is 36.0 Å². The summed E-state index contributed by atoms with van der Waals surface area (Å²) in [6, 6.07) is 9.47. The highest BCUT2D eigenvalue weighted by molar-refractivity contribution is 7.17. The van der Waals surface area contributed by atoms with Crippen molar-refractivity contribution in [1.82, 2.24) is 9.97 Å². The minimum absolute atomic E-state index is 0.555. The largest absolute Gasteiger partial charge is 0.367 e. The molecular formula is C20H23N3S. The number of nitrogens with one attached hydrogen (secondary N) is 1. The average Bonchev–Trinajstić information content (AvgIpc) is 3.25. The van der Waals surface area contributed by atoms with E-state index in [0.29, 0.717) is 12.0 Å². The van der Waals surface area contributed by atoms with Gasteiger partial charge >= 0.3 is 0 Å². The summed E-state index contributed by atoms with van der Waals surface area (Å²) in [7, 11) is 0. The third-order valence-electron chi connectivity index (χ3n) is 4.95. The molecule has 1 aliphatic carbocycles. The fourth-order valence-electron chi connectivity index (χ4n) is 3.51. The second-order valence-corrected chi connectivity index (χ2v) is 7.81. The zero-order chi connectivity index (χ0) is 16.5. The van der Waals surface area contributed by atoms with Gasteiger partial charge < -0.3 is 5.32 Å². The molecule has 0 radical (unpaired) electrons. The third-order valence-corrected chi connectivity index (χ3v) is 5.84. The molecule has 4 heteroatoms. The highest BCUT2D eigenvalue weighted by atomic mass is 32.1. The van der Waals surface area contributed by atoms with Gasteiger partial charge in [-0.1, -0.05) is 51.0 Å². The van der Waals surface area contributed by atoms with Gasteiger partial charge in [0.15, 0.2) is 0 Å². The molecule has 3 nitrogen and oxygen atoms in total. The van der Waals surface area contributed by atoms with Crippen LogP contribution in [-0.2, 0) is 0 Å². The second kappa shape index (κ2) is 6.52. The van der Waals surface area contributed by atoms with Gasteiger partial charge in [-0.25, -0.2) is 9.97 Å². The summed E-state index contributed by atoms with van der Waals surface area (Å²) >= 11 is 1.70. The highest BCUT2D eigenvalue weighted by Gasteiger charge is 2.19. The molecule has 24 heavy (non-hydrogen) atoms. The SMILES string of the molecule is CC(C)c1ccc(-c2csc3ncnc(NC4CCCC4)c23)cc1. The van der Waals surface area contributed by atoms with E-state index < -0.39 is 0 Å². The van der Waals surface area contributed by atoms with Crippen molar-refractivity contribution in [3.63, 3.8) is 0 Å². The van der Waals surface area contributed by atoms with Gasteiger partial charge in [-0.2, -0.15) is 0 Å². The standard InChI is InChI=1S/C20H23N3S/c1-13(2)14-7-9-15(10-8-14)17-11-24-20-18(17)19(21-12-22-20)23-16-5-3-4-6-16/h7-13,16H,3-6H2,1-2H3,(H,21,22,23). The number of benzene rings is 1. The Bertz CT molecular complexity index is 830. The maximum Gasteiger partial charge on any atom is 0.139 e. The van der Waals surface area contributed by atoms with E-state index in [1.54, 1.807) is 17.7 Å². The van der Waals surface area contributed by atoms with Gasteiger partial charge in [-0.05, 0) is 29.9 Å². The molecule has 1 aliphatic rings. The van der Waals surface area contributed by atoms with E-state index in [1.165, 1.54) is 47.8 Å². The van der Waals surface area contributed by atoms with E-state index in [2.05, 4.69) is 58.8 Å². The van der Waals surface area contributed by atoms with Gasteiger partial charge in [-0.3, -0.25) is 0 Å². The van der Waals surface area contributed by atoms with Crippen LogP contribution in [0, 0.1) is 0 Å². The van der Waals surface area contributed by atoms with E-state index in [0.717, 1.165) is 10.6 Å². The maximum absolute atomic E-state index is 4.56. The van der Waals surface area contributed by atoms with E-state index in [4.69, 9.17) is 0 Å². The molecule has 3 aromatic rings. The van der Waals surface area contributed by atoms with Gasteiger partial charge in [0.2, 0.25) is 0 Å². The summed E-state index contributed by atoms with van der Waals surface area (Å²) in [5.74, 6) is 1.55. The van der Waals surface area contributed by atoms with E-state index >= 15 is 0 Å². The Hall–Kier alpha value is -1.94. The molecule has 2 aromatic heterocycles. The summed E-state index contributed by atoms with van der Waals surface area (Å²) in [4.78, 5) is 10.1. The molecule has 1 aromatic carbocycles. The molecule has 4 rings (SSSR count). The fraction of sp³-hybridized carbons (Fsp3) is 0.400. The van der Waals surface area contributed by atoms with Crippen molar-refractivity contribution in [2.75, 3.05) is 5.32 Å². The fourth-order valence-corrected chi connectivity index (χ4v) is 4.42. The van der Waals surface area contributed by atoms with Crippen LogP contribution >= 0.6 is 11.3 Å². The lowest BCUT2D eigenvalue weighted by Gasteiger charge is -2.14. The van der Waals surface area contributed by atoms with Crippen molar-refractivity contribution >= 4 is 27.4 Å². The van der Waals surface area contributed by atoms with Crippen molar-refractivity contribution < 1.29 is 0 Å². The van der Waals surface area contributed by atoms with Crippen LogP contribution in [0.4, 0.5) is 5.82 Å². The molecule has 0 spiro atoms. The highest BCUT2D eigenvalue weighted by Crippen LogP contribution is 2.37. The van der Waals surface area contributed by atoms with Crippen molar-refractivity contribution in [1.29, 1.82) is 0 Å². The smallest absolute Gasteiger partial charge is 0.139 e. The molecule has 2 heterocycles. The lowest BCUT2D eigenvalue weighted by molar-refractivity contribution is 0.751. The first-order chi connectivity index (χ1) is 11.7. The van der Waals surface area contributed by atoms with Crippen LogP contribution in [0.2, 0.25) is 0 Å². The molecule has 1 fully saturated rings. The van der Waals surface area contributed by atoms with Crippen LogP contribution in [0.25, 0.3) is 21.3 Å². The first-order valence-electron chi connectivity index (χ1n) is 8.81. The van der Waals surface area contributed by atoms with Crippen LogP contribution in [0.1, 0.15) is 51.0 Å². The lowest BCUT2D eigenvalue weighted by Crippen LogP contribution is -2.15. The number of anilines is 1. The molecule has 0 bridgehead atoms. The number of hydrogen-bond donors (Lipinski definition) is 1. The van der Waals surface area contributed by atoms with Gasteiger partial charge in [0.25, 0.3) is 0 Å². The van der Waals surface area contributed by atoms with Gasteiger partial charge in [0, 0.05) is 17.0 Å².